The first-order valence-electron chi connectivity index (χ1n) is 9.91. The summed E-state index contributed by atoms with van der Waals surface area (Å²) in [4.78, 5) is 9.24. The van der Waals surface area contributed by atoms with Gasteiger partial charge in [-0.1, -0.05) is 48.5 Å². The molecule has 5 rings (SSSR count). The van der Waals surface area contributed by atoms with Crippen LogP contribution in [0.3, 0.4) is 0 Å². The highest BCUT2D eigenvalue weighted by atomic mass is 15.3. The molecule has 5 aromatic rings. The zero-order chi connectivity index (χ0) is 21.0. The van der Waals surface area contributed by atoms with Crippen molar-refractivity contribution in [1.29, 1.82) is 5.26 Å². The van der Waals surface area contributed by atoms with Crippen LogP contribution in [0.4, 0.5) is 5.82 Å². The van der Waals surface area contributed by atoms with Gasteiger partial charge < -0.3 is 5.32 Å². The van der Waals surface area contributed by atoms with Crippen LogP contribution in [0.1, 0.15) is 11.3 Å². The summed E-state index contributed by atoms with van der Waals surface area (Å²) in [5, 5.41) is 17.4. The van der Waals surface area contributed by atoms with Crippen LogP contribution in [0, 0.1) is 11.3 Å². The van der Waals surface area contributed by atoms with Gasteiger partial charge in [0.25, 0.3) is 0 Å². The lowest BCUT2D eigenvalue weighted by Gasteiger charge is -2.11. The molecule has 0 aliphatic rings. The van der Waals surface area contributed by atoms with E-state index in [4.69, 9.17) is 10.1 Å². The van der Waals surface area contributed by atoms with Crippen LogP contribution in [0.2, 0.25) is 0 Å². The molecule has 0 fully saturated rings. The molecule has 0 aliphatic heterocycles. The molecule has 0 radical (unpaired) electrons. The Morgan fingerprint density at radius 2 is 1.74 bits per heavy atom. The van der Waals surface area contributed by atoms with Crippen molar-refractivity contribution in [3.8, 4) is 28.6 Å². The van der Waals surface area contributed by atoms with E-state index in [1.807, 2.05) is 65.3 Å². The van der Waals surface area contributed by atoms with Gasteiger partial charge in [0, 0.05) is 23.5 Å². The molecule has 1 N–H and O–H groups in total. The molecule has 6 nitrogen and oxygen atoms in total. The molecule has 0 unspecified atom stereocenters. The zero-order valence-corrected chi connectivity index (χ0v) is 16.6. The molecule has 0 aliphatic carbocycles. The van der Waals surface area contributed by atoms with E-state index in [1.165, 1.54) is 0 Å². The number of aromatic nitrogens is 4. The molecule has 6 heteroatoms. The summed E-state index contributed by atoms with van der Waals surface area (Å²) in [7, 11) is 0. The standard InChI is InChI=1S/C25H18N6/c26-16-18-7-6-10-20(15-18)24-29-25(28-17-21-11-4-5-13-27-21)23-22(12-14-31(23)30-24)19-8-2-1-3-9-19/h1-15H,17H2,(H,28,29,30). The monoisotopic (exact) mass is 402 g/mol. The lowest BCUT2D eigenvalue weighted by molar-refractivity contribution is 0.906. The fourth-order valence-electron chi connectivity index (χ4n) is 3.53. The van der Waals surface area contributed by atoms with Crippen molar-refractivity contribution in [3.05, 3.63) is 103 Å². The Labute approximate surface area is 179 Å². The first kappa shape index (κ1) is 18.5. The molecule has 2 aromatic carbocycles. The van der Waals surface area contributed by atoms with Crippen molar-refractivity contribution in [1.82, 2.24) is 19.6 Å². The van der Waals surface area contributed by atoms with Crippen LogP contribution in [-0.2, 0) is 6.54 Å². The fraction of sp³-hybridized carbons (Fsp3) is 0.0400. The number of anilines is 1. The van der Waals surface area contributed by atoms with Crippen molar-refractivity contribution in [2.75, 3.05) is 5.32 Å². The third-order valence-electron chi connectivity index (χ3n) is 5.01. The normalized spacial score (nSPS) is 10.7. The highest BCUT2D eigenvalue weighted by molar-refractivity contribution is 5.89. The van der Waals surface area contributed by atoms with Crippen molar-refractivity contribution in [2.24, 2.45) is 0 Å². The maximum Gasteiger partial charge on any atom is 0.182 e. The van der Waals surface area contributed by atoms with Gasteiger partial charge >= 0.3 is 0 Å². The van der Waals surface area contributed by atoms with Gasteiger partial charge in [-0.05, 0) is 35.9 Å². The van der Waals surface area contributed by atoms with Gasteiger partial charge in [-0.15, -0.1) is 5.10 Å². The van der Waals surface area contributed by atoms with E-state index in [-0.39, 0.29) is 0 Å². The van der Waals surface area contributed by atoms with E-state index in [2.05, 4.69) is 28.5 Å². The number of nitriles is 1. The molecule has 0 amide bonds. The van der Waals surface area contributed by atoms with E-state index in [1.54, 1.807) is 18.3 Å². The minimum absolute atomic E-state index is 0.532. The first-order chi connectivity index (χ1) is 15.3. The van der Waals surface area contributed by atoms with E-state index in [0.29, 0.717) is 23.8 Å². The summed E-state index contributed by atoms with van der Waals surface area (Å²) in [6, 6.07) is 27.5. The van der Waals surface area contributed by atoms with Crippen LogP contribution in [0.25, 0.3) is 28.0 Å². The predicted octanol–water partition coefficient (Wildman–Crippen LogP) is 4.94. The molecule has 0 saturated carbocycles. The number of nitrogens with zero attached hydrogens (tertiary/aromatic N) is 5. The molecule has 0 saturated heterocycles. The summed E-state index contributed by atoms with van der Waals surface area (Å²) in [6.07, 6.45) is 3.71. The highest BCUT2D eigenvalue weighted by Gasteiger charge is 2.15. The van der Waals surface area contributed by atoms with Crippen molar-refractivity contribution in [3.63, 3.8) is 0 Å². The Kier molecular flexibility index (Phi) is 4.83. The minimum atomic E-state index is 0.532. The maximum absolute atomic E-state index is 9.26. The predicted molar refractivity (Wildman–Crippen MR) is 120 cm³/mol. The average molecular weight is 402 g/mol. The number of hydrogen-bond donors (Lipinski definition) is 1. The molecule has 31 heavy (non-hydrogen) atoms. The lowest BCUT2D eigenvalue weighted by atomic mass is 10.1. The second-order valence-corrected chi connectivity index (χ2v) is 7.04. The van der Waals surface area contributed by atoms with Crippen LogP contribution < -0.4 is 5.32 Å². The first-order valence-corrected chi connectivity index (χ1v) is 9.91. The molecule has 0 spiro atoms. The van der Waals surface area contributed by atoms with Crippen LogP contribution in [0.15, 0.2) is 91.3 Å². The van der Waals surface area contributed by atoms with Gasteiger partial charge in [0.1, 0.15) is 5.52 Å². The van der Waals surface area contributed by atoms with Gasteiger partial charge in [-0.3, -0.25) is 4.98 Å². The summed E-state index contributed by atoms with van der Waals surface area (Å²) < 4.78 is 1.84. The lowest BCUT2D eigenvalue weighted by Crippen LogP contribution is -2.08. The number of benzene rings is 2. The summed E-state index contributed by atoms with van der Waals surface area (Å²) >= 11 is 0. The molecular formula is C25H18N6. The van der Waals surface area contributed by atoms with Crippen molar-refractivity contribution in [2.45, 2.75) is 6.54 Å². The SMILES string of the molecule is N#Cc1cccc(-c2nc(NCc3ccccn3)c3c(-c4ccccc4)ccn3n2)c1. The third-order valence-corrected chi connectivity index (χ3v) is 5.01. The van der Waals surface area contributed by atoms with E-state index in [9.17, 15) is 5.26 Å². The van der Waals surface area contributed by atoms with Crippen molar-refractivity contribution < 1.29 is 0 Å². The van der Waals surface area contributed by atoms with Gasteiger partial charge in [0.15, 0.2) is 11.6 Å². The molecule has 3 heterocycles. The maximum atomic E-state index is 9.26. The Balaban J connectivity index is 1.65. The van der Waals surface area contributed by atoms with Crippen LogP contribution in [-0.4, -0.2) is 19.6 Å². The Bertz CT molecular complexity index is 1380. The van der Waals surface area contributed by atoms with Crippen molar-refractivity contribution >= 4 is 11.3 Å². The number of rotatable bonds is 5. The molecule has 148 valence electrons. The number of nitrogens with one attached hydrogen (secondary N) is 1. The number of fused-ring (bicyclic) bond motifs is 1. The van der Waals surface area contributed by atoms with Crippen LogP contribution >= 0.6 is 0 Å². The van der Waals surface area contributed by atoms with E-state index >= 15 is 0 Å². The molecule has 3 aromatic heterocycles. The third kappa shape index (κ3) is 3.72. The summed E-state index contributed by atoms with van der Waals surface area (Å²) in [5.41, 5.74) is 5.30. The number of pyridine rings is 1. The second-order valence-electron chi connectivity index (χ2n) is 7.04. The largest absolute Gasteiger partial charge is 0.363 e. The summed E-state index contributed by atoms with van der Waals surface area (Å²) in [6.45, 7) is 0.532. The summed E-state index contributed by atoms with van der Waals surface area (Å²) in [5.74, 6) is 1.25. The smallest absolute Gasteiger partial charge is 0.182 e. The van der Waals surface area contributed by atoms with Gasteiger partial charge in [0.05, 0.1) is 23.9 Å². The molecule has 0 atom stereocenters. The second kappa shape index (κ2) is 8.09. The fourth-order valence-corrected chi connectivity index (χ4v) is 3.53. The van der Waals surface area contributed by atoms with E-state index < -0.39 is 0 Å². The van der Waals surface area contributed by atoms with Crippen LogP contribution in [0.5, 0.6) is 0 Å². The van der Waals surface area contributed by atoms with Gasteiger partial charge in [-0.2, -0.15) is 5.26 Å². The van der Waals surface area contributed by atoms with Gasteiger partial charge in [0.2, 0.25) is 0 Å². The zero-order valence-electron chi connectivity index (χ0n) is 16.6. The molecule has 0 bridgehead atoms. The Hall–Kier alpha value is -4.50. The topological polar surface area (TPSA) is 78.9 Å². The quantitative estimate of drug-likeness (QED) is 0.450. The van der Waals surface area contributed by atoms with Gasteiger partial charge in [-0.25, -0.2) is 9.50 Å². The highest BCUT2D eigenvalue weighted by Crippen LogP contribution is 2.31. The minimum Gasteiger partial charge on any atom is -0.363 e. The Morgan fingerprint density at radius 3 is 2.55 bits per heavy atom. The van der Waals surface area contributed by atoms with E-state index in [0.717, 1.165) is 27.9 Å². The average Bonchev–Trinajstić information content (AvgIpc) is 3.28. The molecular weight excluding hydrogens is 384 g/mol. The number of hydrogen-bond acceptors (Lipinski definition) is 5. The Morgan fingerprint density at radius 1 is 0.903 bits per heavy atom.